The molecule has 2 amide bonds. The Kier molecular flexibility index (Phi) is 5.62. The molecule has 4 rings (SSSR count). The highest BCUT2D eigenvalue weighted by Crippen LogP contribution is 2.42. The highest BCUT2D eigenvalue weighted by Gasteiger charge is 2.33. The summed E-state index contributed by atoms with van der Waals surface area (Å²) in [5.41, 5.74) is 8.71. The number of likely N-dealkylation sites (N-methyl/N-ethyl adjacent to an activating group) is 1. The summed E-state index contributed by atoms with van der Waals surface area (Å²) in [6, 6.07) is 8.19. The van der Waals surface area contributed by atoms with Crippen molar-refractivity contribution in [3.05, 3.63) is 65.6 Å². The number of carbonyl (C=O) groups excluding carboxylic acids is 2. The van der Waals surface area contributed by atoms with Crippen molar-refractivity contribution in [3.63, 3.8) is 0 Å². The van der Waals surface area contributed by atoms with E-state index in [-0.39, 0.29) is 11.6 Å². The molecule has 0 aliphatic heterocycles. The average Bonchev–Trinajstić information content (AvgIpc) is 3.16. The number of rotatable bonds is 5. The monoisotopic (exact) mass is 449 g/mol. The highest BCUT2D eigenvalue weighted by atomic mass is 19.1. The summed E-state index contributed by atoms with van der Waals surface area (Å²) in [7, 11) is 1.49. The SMILES string of the molecule is C=CC(=O)N(C)c1cccc(-c2ccc(C(N)=O)c3[nH]c4c(c23)CCC(C(C)(C)O)C4)c1F. The molecular formula is C26H28FN3O3. The van der Waals surface area contributed by atoms with Gasteiger partial charge in [-0.1, -0.05) is 24.8 Å². The van der Waals surface area contributed by atoms with Crippen LogP contribution in [0.4, 0.5) is 10.1 Å². The number of benzene rings is 2. The fraction of sp³-hybridized carbons (Fsp3) is 0.308. The summed E-state index contributed by atoms with van der Waals surface area (Å²) < 4.78 is 15.7. The van der Waals surface area contributed by atoms with Gasteiger partial charge in [-0.05, 0) is 68.4 Å². The number of fused-ring (bicyclic) bond motifs is 3. The average molecular weight is 450 g/mol. The molecule has 1 atom stereocenters. The Morgan fingerprint density at radius 1 is 1.27 bits per heavy atom. The Bertz CT molecular complexity index is 1290. The van der Waals surface area contributed by atoms with Crippen LogP contribution in [0.1, 0.15) is 41.9 Å². The van der Waals surface area contributed by atoms with Gasteiger partial charge in [-0.25, -0.2) is 4.39 Å². The van der Waals surface area contributed by atoms with E-state index in [1.807, 2.05) is 0 Å². The maximum absolute atomic E-state index is 15.7. The van der Waals surface area contributed by atoms with Crippen molar-refractivity contribution in [3.8, 4) is 11.1 Å². The predicted molar refractivity (Wildman–Crippen MR) is 128 cm³/mol. The van der Waals surface area contributed by atoms with Gasteiger partial charge in [-0.2, -0.15) is 0 Å². The van der Waals surface area contributed by atoms with E-state index in [1.165, 1.54) is 18.0 Å². The van der Waals surface area contributed by atoms with Gasteiger partial charge >= 0.3 is 0 Å². The Hall–Kier alpha value is -3.45. The van der Waals surface area contributed by atoms with Crippen molar-refractivity contribution >= 4 is 28.4 Å². The number of primary amides is 1. The predicted octanol–water partition coefficient (Wildman–Crippen LogP) is 4.10. The molecule has 1 aliphatic rings. The van der Waals surface area contributed by atoms with Crippen LogP contribution >= 0.6 is 0 Å². The molecule has 1 aromatic heterocycles. The van der Waals surface area contributed by atoms with Crippen molar-refractivity contribution in [1.82, 2.24) is 4.98 Å². The molecule has 172 valence electrons. The largest absolute Gasteiger partial charge is 0.390 e. The summed E-state index contributed by atoms with van der Waals surface area (Å²) in [6.45, 7) is 7.07. The number of nitrogens with two attached hydrogens (primary N) is 1. The second-order valence-electron chi connectivity index (χ2n) is 9.19. The maximum atomic E-state index is 15.7. The number of hydrogen-bond acceptors (Lipinski definition) is 3. The Morgan fingerprint density at radius 2 is 2.00 bits per heavy atom. The van der Waals surface area contributed by atoms with Crippen molar-refractivity contribution in [2.24, 2.45) is 11.7 Å². The standard InChI is InChI=1S/C26H28FN3O3/c1-5-21(31)30(4)20-8-6-7-16(23(20)27)15-11-12-18(25(28)32)24-22(15)17-10-9-14(26(2,3)33)13-19(17)29-24/h5-8,11-12,14,29,33H,1,9-10,13H2,2-4H3,(H2,28,32). The zero-order chi connectivity index (χ0) is 24.1. The van der Waals surface area contributed by atoms with Crippen LogP contribution in [0.15, 0.2) is 43.0 Å². The number of aliphatic hydroxyl groups is 1. The molecule has 7 heteroatoms. The lowest BCUT2D eigenvalue weighted by Crippen LogP contribution is -2.34. The van der Waals surface area contributed by atoms with Gasteiger partial charge in [0.25, 0.3) is 5.91 Å². The van der Waals surface area contributed by atoms with Crippen molar-refractivity contribution in [1.29, 1.82) is 0 Å². The molecule has 1 aliphatic carbocycles. The van der Waals surface area contributed by atoms with Crippen LogP contribution in [0.2, 0.25) is 0 Å². The minimum Gasteiger partial charge on any atom is -0.390 e. The number of aromatic nitrogens is 1. The van der Waals surface area contributed by atoms with Gasteiger partial charge in [0.2, 0.25) is 5.91 Å². The Labute approximate surface area is 191 Å². The molecule has 0 saturated carbocycles. The summed E-state index contributed by atoms with van der Waals surface area (Å²) in [5, 5.41) is 11.3. The van der Waals surface area contributed by atoms with E-state index in [4.69, 9.17) is 5.73 Å². The quantitative estimate of drug-likeness (QED) is 0.512. The molecule has 0 spiro atoms. The number of nitrogens with one attached hydrogen (secondary N) is 1. The van der Waals surface area contributed by atoms with E-state index in [2.05, 4.69) is 11.6 Å². The van der Waals surface area contributed by atoms with Crippen LogP contribution in [-0.4, -0.2) is 34.6 Å². The zero-order valence-corrected chi connectivity index (χ0v) is 19.0. The molecule has 4 N–H and O–H groups in total. The van der Waals surface area contributed by atoms with Crippen LogP contribution in [0.3, 0.4) is 0 Å². The minimum atomic E-state index is -0.840. The highest BCUT2D eigenvalue weighted by molar-refractivity contribution is 6.11. The number of hydrogen-bond donors (Lipinski definition) is 3. The van der Waals surface area contributed by atoms with E-state index in [1.54, 1.807) is 38.1 Å². The van der Waals surface area contributed by atoms with Gasteiger partial charge in [0.1, 0.15) is 0 Å². The molecule has 0 fully saturated rings. The van der Waals surface area contributed by atoms with Crippen molar-refractivity contribution in [2.45, 2.75) is 38.7 Å². The maximum Gasteiger partial charge on any atom is 0.250 e. The first kappa shape index (κ1) is 22.7. The molecular weight excluding hydrogens is 421 g/mol. The van der Waals surface area contributed by atoms with Gasteiger partial charge in [0, 0.05) is 23.7 Å². The van der Waals surface area contributed by atoms with E-state index in [0.29, 0.717) is 35.0 Å². The number of H-pyrrole nitrogens is 1. The summed E-state index contributed by atoms with van der Waals surface area (Å²) in [5.74, 6) is -1.48. The van der Waals surface area contributed by atoms with Crippen LogP contribution in [0, 0.1) is 11.7 Å². The third kappa shape index (κ3) is 3.82. The molecule has 0 radical (unpaired) electrons. The minimum absolute atomic E-state index is 0.0529. The first-order valence-electron chi connectivity index (χ1n) is 10.9. The molecule has 2 aromatic carbocycles. The molecule has 1 heterocycles. The fourth-order valence-corrected chi connectivity index (χ4v) is 4.82. The normalized spacial score (nSPS) is 15.8. The molecule has 6 nitrogen and oxygen atoms in total. The Morgan fingerprint density at radius 3 is 2.64 bits per heavy atom. The summed E-state index contributed by atoms with van der Waals surface area (Å²) in [4.78, 5) is 28.8. The number of anilines is 1. The second-order valence-corrected chi connectivity index (χ2v) is 9.19. The van der Waals surface area contributed by atoms with Gasteiger partial charge in [0.05, 0.1) is 22.4 Å². The first-order valence-corrected chi connectivity index (χ1v) is 10.9. The van der Waals surface area contributed by atoms with Crippen molar-refractivity contribution < 1.29 is 19.1 Å². The van der Waals surface area contributed by atoms with Gasteiger partial charge < -0.3 is 20.7 Å². The van der Waals surface area contributed by atoms with Crippen molar-refractivity contribution in [2.75, 3.05) is 11.9 Å². The first-order chi connectivity index (χ1) is 15.5. The number of aromatic amines is 1. The molecule has 33 heavy (non-hydrogen) atoms. The summed E-state index contributed by atoms with van der Waals surface area (Å²) in [6.07, 6.45) is 3.19. The summed E-state index contributed by atoms with van der Waals surface area (Å²) >= 11 is 0. The van der Waals surface area contributed by atoms with E-state index >= 15 is 4.39 Å². The molecule has 3 aromatic rings. The van der Waals surface area contributed by atoms with Gasteiger partial charge in [-0.3, -0.25) is 9.59 Å². The van der Waals surface area contributed by atoms with Crippen LogP contribution in [0.25, 0.3) is 22.0 Å². The number of aryl methyl sites for hydroxylation is 1. The van der Waals surface area contributed by atoms with Crippen LogP contribution in [-0.2, 0) is 17.6 Å². The zero-order valence-electron chi connectivity index (χ0n) is 19.0. The number of halogens is 1. The van der Waals surface area contributed by atoms with Gasteiger partial charge in [-0.15, -0.1) is 0 Å². The fourth-order valence-electron chi connectivity index (χ4n) is 4.82. The second kappa shape index (κ2) is 8.15. The van der Waals surface area contributed by atoms with E-state index in [0.717, 1.165) is 29.1 Å². The number of amides is 2. The van der Waals surface area contributed by atoms with Gasteiger partial charge in [0.15, 0.2) is 5.82 Å². The van der Waals surface area contributed by atoms with E-state index in [9.17, 15) is 14.7 Å². The van der Waals surface area contributed by atoms with Crippen LogP contribution in [0.5, 0.6) is 0 Å². The smallest absolute Gasteiger partial charge is 0.250 e. The lowest BCUT2D eigenvalue weighted by molar-refractivity contribution is -0.113. The molecule has 1 unspecified atom stereocenters. The number of nitrogens with zero attached hydrogens (tertiary/aromatic N) is 1. The third-order valence-electron chi connectivity index (χ3n) is 6.74. The van der Waals surface area contributed by atoms with Crippen LogP contribution < -0.4 is 10.6 Å². The topological polar surface area (TPSA) is 99.4 Å². The molecule has 0 saturated heterocycles. The third-order valence-corrected chi connectivity index (χ3v) is 6.74. The Balaban J connectivity index is 1.95. The molecule has 0 bridgehead atoms. The lowest BCUT2D eigenvalue weighted by Gasteiger charge is -2.32. The van der Waals surface area contributed by atoms with E-state index < -0.39 is 23.2 Å². The number of carbonyl (C=O) groups is 2. The lowest BCUT2D eigenvalue weighted by atomic mass is 9.77.